The molecule has 11 rings (SSSR count). The van der Waals surface area contributed by atoms with Crippen LogP contribution in [0.15, 0.2) is 91.0 Å². The van der Waals surface area contributed by atoms with Crippen molar-refractivity contribution in [2.75, 3.05) is 93.7 Å². The second kappa shape index (κ2) is 21.2. The molecular weight excluding hydrogens is 971 g/mol. The SMILES string of the molecule is Cc1c(OCCCN2CCN(CC(=O)N3CCN(c4cccc5c(C6CCC(=O)NC6=O)nn(C)c45)CC3)CC2)cccc1-c1ccc(N2CCc3cccc(C(=O)Nc4nc5ccccc5s4)c3C2)nc1C(=O)O. The van der Waals surface area contributed by atoms with Gasteiger partial charge in [-0.15, -0.1) is 0 Å². The zero-order chi connectivity index (χ0) is 51.7. The summed E-state index contributed by atoms with van der Waals surface area (Å²) < 4.78 is 9.15. The average Bonchev–Trinajstić information content (AvgIpc) is 4.00. The van der Waals surface area contributed by atoms with Crippen LogP contribution in [-0.4, -0.2) is 148 Å². The Labute approximate surface area is 437 Å². The molecule has 0 aliphatic carbocycles. The summed E-state index contributed by atoms with van der Waals surface area (Å²) in [5.41, 5.74) is 8.01. The number of aryl methyl sites for hydroxylation is 1. The number of carbonyl (C=O) groups excluding carboxylic acids is 4. The normalized spacial score (nSPS) is 17.6. The van der Waals surface area contributed by atoms with Gasteiger partial charge in [0.1, 0.15) is 11.6 Å². The van der Waals surface area contributed by atoms with Crippen LogP contribution in [0.4, 0.5) is 16.6 Å². The molecular formula is C56H59N11O7S. The summed E-state index contributed by atoms with van der Waals surface area (Å²) in [6.07, 6.45) is 2.22. The number of hydrogen-bond donors (Lipinski definition) is 3. The van der Waals surface area contributed by atoms with Crippen molar-refractivity contribution < 1.29 is 33.8 Å². The Hall–Kier alpha value is -7.74. The Morgan fingerprint density at radius 1 is 0.813 bits per heavy atom. The van der Waals surface area contributed by atoms with Crippen molar-refractivity contribution in [1.82, 2.24) is 39.8 Å². The minimum atomic E-state index is -1.13. The monoisotopic (exact) mass is 1030 g/mol. The molecule has 4 aromatic carbocycles. The van der Waals surface area contributed by atoms with Gasteiger partial charge >= 0.3 is 5.97 Å². The standard InChI is InChI=1S/C56H59N11O7S/c1-35-37(38-17-19-47(58-51(38)55(72)73)67-23-21-36-9-5-11-39(42(36)33-67)53(70)60-56-57-43-13-3-4-16-46(43)75-56)10-7-15-45(35)74-32-8-22-63-24-26-64(27-25-63)34-49(69)66-30-28-65(29-31-66)44-14-6-12-40-50(61-62(2)52(40)44)41-18-20-48(68)59-54(41)71/h3-7,9-17,19,41H,8,18,20-34H2,1-2H3,(H,72,73)(H,57,60,70)(H,59,68,71). The maximum atomic E-state index is 13.7. The van der Waals surface area contributed by atoms with Crippen LogP contribution in [0.2, 0.25) is 0 Å². The number of carbonyl (C=O) groups is 5. The number of fused-ring (bicyclic) bond motifs is 3. The Morgan fingerprint density at radius 3 is 2.40 bits per heavy atom. The number of nitrogens with zero attached hydrogens (tertiary/aromatic N) is 9. The van der Waals surface area contributed by atoms with Gasteiger partial charge in [-0.3, -0.25) is 39.4 Å². The molecule has 4 aliphatic rings. The van der Waals surface area contributed by atoms with E-state index in [1.807, 2.05) is 113 Å². The molecule has 0 bridgehead atoms. The summed E-state index contributed by atoms with van der Waals surface area (Å²) in [7, 11) is 1.89. The van der Waals surface area contributed by atoms with E-state index in [0.29, 0.717) is 105 Å². The van der Waals surface area contributed by atoms with Crippen molar-refractivity contribution >= 4 is 78.7 Å². The number of amides is 4. The van der Waals surface area contributed by atoms with E-state index in [-0.39, 0.29) is 29.3 Å². The molecule has 0 radical (unpaired) electrons. The van der Waals surface area contributed by atoms with Gasteiger partial charge in [-0.25, -0.2) is 14.8 Å². The highest BCUT2D eigenvalue weighted by Crippen LogP contribution is 2.37. The predicted octanol–water partition coefficient (Wildman–Crippen LogP) is 6.32. The first-order chi connectivity index (χ1) is 36.4. The number of carboxylic acids is 1. The summed E-state index contributed by atoms with van der Waals surface area (Å²) in [5, 5.41) is 22.2. The number of anilines is 3. The van der Waals surface area contributed by atoms with Gasteiger partial charge in [0, 0.05) is 102 Å². The lowest BCUT2D eigenvalue weighted by Gasteiger charge is -2.38. The summed E-state index contributed by atoms with van der Waals surface area (Å²) in [6.45, 7) is 10.6. The highest BCUT2D eigenvalue weighted by Gasteiger charge is 2.33. The van der Waals surface area contributed by atoms with Gasteiger partial charge in [0.05, 0.1) is 46.2 Å². The first kappa shape index (κ1) is 49.5. The minimum Gasteiger partial charge on any atom is -0.493 e. The second-order valence-electron chi connectivity index (χ2n) is 19.7. The van der Waals surface area contributed by atoms with Gasteiger partial charge < -0.3 is 29.4 Å². The maximum Gasteiger partial charge on any atom is 0.355 e. The minimum absolute atomic E-state index is 0.0525. The molecule has 3 fully saturated rings. The Bertz CT molecular complexity index is 3330. The van der Waals surface area contributed by atoms with E-state index in [1.54, 1.807) is 0 Å². The maximum absolute atomic E-state index is 13.7. The molecule has 3 saturated heterocycles. The molecule has 1 unspecified atom stereocenters. The fraction of sp³-hybridized carbons (Fsp3) is 0.357. The van der Waals surface area contributed by atoms with E-state index in [1.165, 1.54) is 11.3 Å². The number of aromatic carboxylic acids is 1. The third-order valence-electron chi connectivity index (χ3n) is 15.1. The number of carboxylic acid groups (broad SMARTS) is 1. The van der Waals surface area contributed by atoms with Crippen molar-refractivity contribution in [3.8, 4) is 16.9 Å². The molecule has 3 N–H and O–H groups in total. The third kappa shape index (κ3) is 10.3. The first-order valence-corrected chi connectivity index (χ1v) is 26.5. The molecule has 3 aromatic heterocycles. The molecule has 75 heavy (non-hydrogen) atoms. The van der Waals surface area contributed by atoms with Gasteiger partial charge in [0.2, 0.25) is 17.7 Å². The van der Waals surface area contributed by atoms with Gasteiger partial charge in [0.25, 0.3) is 5.91 Å². The number of nitrogens with one attached hydrogen (secondary N) is 2. The lowest BCUT2D eigenvalue weighted by molar-refractivity contribution is -0.135. The van der Waals surface area contributed by atoms with Gasteiger partial charge in [-0.1, -0.05) is 59.9 Å². The average molecular weight is 1030 g/mol. The fourth-order valence-corrected chi connectivity index (χ4v) is 11.9. The molecule has 19 heteroatoms. The zero-order valence-corrected chi connectivity index (χ0v) is 42.9. The van der Waals surface area contributed by atoms with Crippen molar-refractivity contribution in [1.29, 1.82) is 0 Å². The summed E-state index contributed by atoms with van der Waals surface area (Å²) in [4.78, 5) is 84.8. The fourth-order valence-electron chi connectivity index (χ4n) is 11.1. The predicted molar refractivity (Wildman–Crippen MR) is 288 cm³/mol. The van der Waals surface area contributed by atoms with Gasteiger partial charge in [0.15, 0.2) is 10.8 Å². The van der Waals surface area contributed by atoms with Gasteiger partial charge in [-0.05, 0) is 90.9 Å². The van der Waals surface area contributed by atoms with E-state index in [2.05, 4.69) is 36.4 Å². The quantitative estimate of drug-likeness (QED) is 0.0808. The Kier molecular flexibility index (Phi) is 14.0. The van der Waals surface area contributed by atoms with Crippen LogP contribution < -0.4 is 25.2 Å². The van der Waals surface area contributed by atoms with Crippen molar-refractivity contribution in [3.05, 3.63) is 125 Å². The highest BCUT2D eigenvalue weighted by molar-refractivity contribution is 7.22. The van der Waals surface area contributed by atoms with E-state index in [9.17, 15) is 29.1 Å². The molecule has 7 heterocycles. The number of benzene rings is 4. The van der Waals surface area contributed by atoms with Crippen molar-refractivity contribution in [2.24, 2.45) is 7.05 Å². The van der Waals surface area contributed by atoms with Crippen LogP contribution in [0.5, 0.6) is 5.75 Å². The third-order valence-corrected chi connectivity index (χ3v) is 16.1. The molecule has 4 amide bonds. The van der Waals surface area contributed by atoms with Gasteiger partial charge in [-0.2, -0.15) is 5.10 Å². The molecule has 4 aliphatic heterocycles. The second-order valence-corrected chi connectivity index (χ2v) is 20.8. The van der Waals surface area contributed by atoms with E-state index in [4.69, 9.17) is 14.8 Å². The Balaban J connectivity index is 0.647. The van der Waals surface area contributed by atoms with Crippen molar-refractivity contribution in [3.63, 3.8) is 0 Å². The van der Waals surface area contributed by atoms with Crippen LogP contribution in [-0.2, 0) is 34.4 Å². The van der Waals surface area contributed by atoms with E-state index < -0.39 is 11.9 Å². The smallest absolute Gasteiger partial charge is 0.355 e. The van der Waals surface area contributed by atoms with Crippen LogP contribution in [0.25, 0.3) is 32.2 Å². The molecule has 0 saturated carbocycles. The number of piperazine rings is 2. The molecule has 0 spiro atoms. The largest absolute Gasteiger partial charge is 0.493 e. The lowest BCUT2D eigenvalue weighted by Crippen LogP contribution is -2.54. The Morgan fingerprint density at radius 2 is 1.60 bits per heavy atom. The molecule has 18 nitrogen and oxygen atoms in total. The number of imide groups is 1. The summed E-state index contributed by atoms with van der Waals surface area (Å²) >= 11 is 1.43. The number of rotatable bonds is 14. The molecule has 1 atom stereocenters. The lowest BCUT2D eigenvalue weighted by atomic mass is 9.92. The van der Waals surface area contributed by atoms with Crippen LogP contribution in [0.1, 0.15) is 68.4 Å². The van der Waals surface area contributed by atoms with E-state index in [0.717, 1.165) is 88.2 Å². The number of pyridine rings is 1. The van der Waals surface area contributed by atoms with Crippen LogP contribution >= 0.6 is 11.3 Å². The van der Waals surface area contributed by atoms with Crippen LogP contribution in [0, 0.1) is 6.92 Å². The topological polar surface area (TPSA) is 199 Å². The summed E-state index contributed by atoms with van der Waals surface area (Å²) in [6, 6.07) is 28.9. The molecule has 7 aromatic rings. The number of hydrogen-bond acceptors (Lipinski definition) is 14. The molecule has 386 valence electrons. The van der Waals surface area contributed by atoms with Crippen molar-refractivity contribution in [2.45, 2.75) is 45.1 Å². The number of piperidine rings is 1. The van der Waals surface area contributed by atoms with E-state index >= 15 is 0 Å². The van der Waals surface area contributed by atoms with Crippen LogP contribution in [0.3, 0.4) is 0 Å². The number of para-hydroxylation sites is 2. The number of ether oxygens (including phenoxy) is 1. The number of thiazole rings is 1. The zero-order valence-electron chi connectivity index (χ0n) is 42.1. The highest BCUT2D eigenvalue weighted by atomic mass is 32.1. The summed E-state index contributed by atoms with van der Waals surface area (Å²) in [5.74, 6) is -1.03. The number of aromatic nitrogens is 4. The first-order valence-electron chi connectivity index (χ1n) is 25.7.